The molecule has 1 aromatic carbocycles. The first kappa shape index (κ1) is 12.6. The number of carbonyl (C=O) groups excluding carboxylic acids is 1. The van der Waals surface area contributed by atoms with Crippen molar-refractivity contribution < 1.29 is 4.79 Å². The minimum Gasteiger partial charge on any atom is -0.328 e. The number of para-hydroxylation sites is 1. The van der Waals surface area contributed by atoms with Crippen molar-refractivity contribution in [1.29, 1.82) is 0 Å². The minimum atomic E-state index is -0.200. The molecule has 0 radical (unpaired) electrons. The van der Waals surface area contributed by atoms with Gasteiger partial charge in [-0.3, -0.25) is 10.1 Å². The van der Waals surface area contributed by atoms with Crippen LogP contribution in [0.25, 0.3) is 11.8 Å². The van der Waals surface area contributed by atoms with E-state index < -0.39 is 0 Å². The summed E-state index contributed by atoms with van der Waals surface area (Å²) in [6.07, 6.45) is 1.80. The number of rotatable bonds is 2. The van der Waals surface area contributed by atoms with Crippen LogP contribution >= 0.6 is 12.2 Å². The van der Waals surface area contributed by atoms with Gasteiger partial charge in [0.1, 0.15) is 5.70 Å². The summed E-state index contributed by atoms with van der Waals surface area (Å²) < 4.78 is 2.09. The fourth-order valence-corrected chi connectivity index (χ4v) is 2.43. The monoisotopic (exact) mass is 283 g/mol. The fraction of sp³-hybridized carbons (Fsp3) is 0.0667. The molecule has 20 heavy (non-hydrogen) atoms. The zero-order chi connectivity index (χ0) is 14.1. The number of amides is 1. The molecular formula is C15H13N3OS. The van der Waals surface area contributed by atoms with Gasteiger partial charge in [-0.25, -0.2) is 0 Å². The average Bonchev–Trinajstić information content (AvgIpc) is 2.94. The van der Waals surface area contributed by atoms with Gasteiger partial charge in [-0.2, -0.15) is 0 Å². The van der Waals surface area contributed by atoms with Crippen LogP contribution in [0, 0.1) is 6.92 Å². The summed E-state index contributed by atoms with van der Waals surface area (Å²) in [5.41, 5.74) is 3.55. The number of aryl methyl sites for hydroxylation is 1. The first-order chi connectivity index (χ1) is 9.65. The molecule has 0 atom stereocenters. The molecule has 2 heterocycles. The van der Waals surface area contributed by atoms with E-state index in [0.29, 0.717) is 10.8 Å². The molecule has 0 unspecified atom stereocenters. The highest BCUT2D eigenvalue weighted by Crippen LogP contribution is 2.19. The Balaban J connectivity index is 2.06. The van der Waals surface area contributed by atoms with E-state index in [2.05, 4.69) is 15.2 Å². The van der Waals surface area contributed by atoms with Gasteiger partial charge < -0.3 is 9.88 Å². The fourth-order valence-electron chi connectivity index (χ4n) is 2.23. The van der Waals surface area contributed by atoms with Crippen LogP contribution in [0.2, 0.25) is 0 Å². The molecule has 1 saturated heterocycles. The van der Waals surface area contributed by atoms with E-state index in [1.54, 1.807) is 6.08 Å². The normalized spacial score (nSPS) is 16.4. The Kier molecular flexibility index (Phi) is 3.12. The van der Waals surface area contributed by atoms with Gasteiger partial charge in [-0.05, 0) is 49.5 Å². The van der Waals surface area contributed by atoms with Gasteiger partial charge in [0.2, 0.25) is 0 Å². The maximum Gasteiger partial charge on any atom is 0.273 e. The number of nitrogens with one attached hydrogen (secondary N) is 2. The Morgan fingerprint density at radius 3 is 2.50 bits per heavy atom. The molecule has 2 N–H and O–H groups in total. The SMILES string of the molecule is Cc1ccc(/C=C2/NC(=S)NC2=O)n1-c1ccccc1. The Hall–Kier alpha value is -2.40. The molecule has 0 aliphatic carbocycles. The topological polar surface area (TPSA) is 46.1 Å². The van der Waals surface area contributed by atoms with Gasteiger partial charge in [0.05, 0.1) is 0 Å². The largest absolute Gasteiger partial charge is 0.328 e. The summed E-state index contributed by atoms with van der Waals surface area (Å²) in [7, 11) is 0. The Bertz CT molecular complexity index is 716. The van der Waals surface area contributed by atoms with Crippen molar-refractivity contribution >= 4 is 29.3 Å². The van der Waals surface area contributed by atoms with Crippen LogP contribution in [0.15, 0.2) is 48.2 Å². The number of hydrogen-bond acceptors (Lipinski definition) is 2. The van der Waals surface area contributed by atoms with Crippen LogP contribution in [-0.4, -0.2) is 15.6 Å². The summed E-state index contributed by atoms with van der Waals surface area (Å²) in [6, 6.07) is 14.0. The quantitative estimate of drug-likeness (QED) is 0.655. The average molecular weight is 283 g/mol. The summed E-state index contributed by atoms with van der Waals surface area (Å²) >= 11 is 4.93. The zero-order valence-corrected chi connectivity index (χ0v) is 11.7. The second-order valence-corrected chi connectivity index (χ2v) is 4.95. The van der Waals surface area contributed by atoms with Gasteiger partial charge in [0, 0.05) is 17.1 Å². The number of thiocarbonyl (C=S) groups is 1. The number of carbonyl (C=O) groups is 1. The molecule has 1 amide bonds. The van der Waals surface area contributed by atoms with Crippen molar-refractivity contribution in [1.82, 2.24) is 15.2 Å². The van der Waals surface area contributed by atoms with Gasteiger partial charge in [0.25, 0.3) is 5.91 Å². The molecule has 1 aromatic heterocycles. The third kappa shape index (κ3) is 2.23. The third-order valence-corrected chi connectivity index (χ3v) is 3.34. The Morgan fingerprint density at radius 1 is 1.10 bits per heavy atom. The maximum absolute atomic E-state index is 11.7. The predicted octanol–water partition coefficient (Wildman–Crippen LogP) is 2.13. The molecule has 1 aliphatic heterocycles. The second kappa shape index (κ2) is 4.94. The van der Waals surface area contributed by atoms with Crippen LogP contribution in [0.4, 0.5) is 0 Å². The van der Waals surface area contributed by atoms with E-state index in [0.717, 1.165) is 17.1 Å². The third-order valence-electron chi connectivity index (χ3n) is 3.13. The highest BCUT2D eigenvalue weighted by atomic mass is 32.1. The lowest BCUT2D eigenvalue weighted by atomic mass is 10.3. The summed E-state index contributed by atoms with van der Waals surface area (Å²) in [6.45, 7) is 2.03. The Labute approximate surface area is 122 Å². The first-order valence-electron chi connectivity index (χ1n) is 6.23. The minimum absolute atomic E-state index is 0.200. The van der Waals surface area contributed by atoms with Crippen LogP contribution < -0.4 is 10.6 Å². The smallest absolute Gasteiger partial charge is 0.273 e. The van der Waals surface area contributed by atoms with E-state index in [-0.39, 0.29) is 5.91 Å². The maximum atomic E-state index is 11.7. The van der Waals surface area contributed by atoms with Crippen LogP contribution in [-0.2, 0) is 4.79 Å². The number of nitrogens with zero attached hydrogens (tertiary/aromatic N) is 1. The van der Waals surface area contributed by atoms with E-state index >= 15 is 0 Å². The Morgan fingerprint density at radius 2 is 1.85 bits per heavy atom. The standard InChI is InChI=1S/C15H13N3OS/c1-10-7-8-12(9-13-14(19)17-15(20)16-13)18(10)11-5-3-2-4-6-11/h2-9H,1H3,(H2,16,17,19,20)/b13-9+. The van der Waals surface area contributed by atoms with Crippen LogP contribution in [0.5, 0.6) is 0 Å². The second-order valence-electron chi connectivity index (χ2n) is 4.54. The summed E-state index contributed by atoms with van der Waals surface area (Å²) in [5.74, 6) is -0.200. The molecule has 3 rings (SSSR count). The molecular weight excluding hydrogens is 270 g/mol. The highest BCUT2D eigenvalue weighted by molar-refractivity contribution is 7.80. The zero-order valence-electron chi connectivity index (χ0n) is 10.9. The lowest BCUT2D eigenvalue weighted by molar-refractivity contribution is -0.115. The van der Waals surface area contributed by atoms with Crippen molar-refractivity contribution in [2.75, 3.05) is 0 Å². The van der Waals surface area contributed by atoms with Crippen molar-refractivity contribution in [3.05, 3.63) is 59.5 Å². The van der Waals surface area contributed by atoms with Crippen molar-refractivity contribution in [3.63, 3.8) is 0 Å². The predicted molar refractivity (Wildman–Crippen MR) is 82.4 cm³/mol. The lowest BCUT2D eigenvalue weighted by Crippen LogP contribution is -2.21. The summed E-state index contributed by atoms with van der Waals surface area (Å²) in [5, 5.41) is 5.76. The van der Waals surface area contributed by atoms with Gasteiger partial charge >= 0.3 is 0 Å². The van der Waals surface area contributed by atoms with E-state index in [1.807, 2.05) is 49.4 Å². The van der Waals surface area contributed by atoms with Crippen LogP contribution in [0.3, 0.4) is 0 Å². The lowest BCUT2D eigenvalue weighted by Gasteiger charge is -2.09. The van der Waals surface area contributed by atoms with E-state index in [1.165, 1.54) is 0 Å². The molecule has 4 nitrogen and oxygen atoms in total. The molecule has 1 fully saturated rings. The van der Waals surface area contributed by atoms with Gasteiger partial charge in [-0.1, -0.05) is 18.2 Å². The molecule has 1 aliphatic rings. The molecule has 100 valence electrons. The van der Waals surface area contributed by atoms with Gasteiger partial charge in [0.15, 0.2) is 5.11 Å². The van der Waals surface area contributed by atoms with Crippen molar-refractivity contribution in [2.45, 2.75) is 6.92 Å². The number of benzene rings is 1. The molecule has 2 aromatic rings. The summed E-state index contributed by atoms with van der Waals surface area (Å²) in [4.78, 5) is 11.7. The number of aromatic nitrogens is 1. The van der Waals surface area contributed by atoms with Crippen molar-refractivity contribution in [3.8, 4) is 5.69 Å². The van der Waals surface area contributed by atoms with Crippen LogP contribution in [0.1, 0.15) is 11.4 Å². The molecule has 0 bridgehead atoms. The van der Waals surface area contributed by atoms with E-state index in [4.69, 9.17) is 12.2 Å². The van der Waals surface area contributed by atoms with Gasteiger partial charge in [-0.15, -0.1) is 0 Å². The van der Waals surface area contributed by atoms with Crippen molar-refractivity contribution in [2.24, 2.45) is 0 Å². The molecule has 0 saturated carbocycles. The molecule has 0 spiro atoms. The first-order valence-corrected chi connectivity index (χ1v) is 6.64. The number of hydrogen-bond donors (Lipinski definition) is 2. The molecule has 5 heteroatoms. The highest BCUT2D eigenvalue weighted by Gasteiger charge is 2.20. The van der Waals surface area contributed by atoms with E-state index in [9.17, 15) is 4.79 Å².